The SMILES string of the molecule is CCN1C(=O)COCC1CN(C)Cc1sccc1S(=O)(=O)N(C)c1cccc2cc(-c3nccs3)[nH]c12. The Kier molecular flexibility index (Phi) is 7.37. The van der Waals surface area contributed by atoms with Crippen LogP contribution in [0.1, 0.15) is 11.8 Å². The lowest BCUT2D eigenvalue weighted by Gasteiger charge is -2.36. The molecule has 4 heterocycles. The first-order valence-electron chi connectivity index (χ1n) is 11.9. The molecule has 9 nitrogen and oxygen atoms in total. The molecule has 1 atom stereocenters. The number of aromatic amines is 1. The molecule has 0 bridgehead atoms. The van der Waals surface area contributed by atoms with Crippen molar-refractivity contribution in [2.24, 2.45) is 0 Å². The van der Waals surface area contributed by atoms with Crippen LogP contribution in [0.3, 0.4) is 0 Å². The van der Waals surface area contributed by atoms with Crippen LogP contribution in [0.25, 0.3) is 21.6 Å². The summed E-state index contributed by atoms with van der Waals surface area (Å²) in [5.41, 5.74) is 2.17. The molecule has 196 valence electrons. The van der Waals surface area contributed by atoms with Crippen molar-refractivity contribution in [2.75, 3.05) is 44.7 Å². The van der Waals surface area contributed by atoms with Crippen LogP contribution < -0.4 is 4.31 Å². The predicted octanol–water partition coefficient (Wildman–Crippen LogP) is 3.86. The number of ether oxygens (including phenoxy) is 1. The fourth-order valence-corrected chi connectivity index (χ4v) is 8.04. The van der Waals surface area contributed by atoms with E-state index in [-0.39, 0.29) is 18.6 Å². The zero-order valence-corrected chi connectivity index (χ0v) is 23.3. The number of fused-ring (bicyclic) bond motifs is 1. The number of nitrogens with one attached hydrogen (secondary N) is 1. The van der Waals surface area contributed by atoms with E-state index in [1.807, 2.05) is 52.7 Å². The van der Waals surface area contributed by atoms with Gasteiger partial charge < -0.3 is 14.6 Å². The number of carbonyl (C=O) groups excluding carboxylic acids is 1. The minimum Gasteiger partial charge on any atom is -0.369 e. The molecule has 5 rings (SSSR count). The largest absolute Gasteiger partial charge is 0.369 e. The average molecular weight is 560 g/mol. The Morgan fingerprint density at radius 3 is 2.81 bits per heavy atom. The summed E-state index contributed by atoms with van der Waals surface area (Å²) in [6.07, 6.45) is 1.75. The second-order valence-electron chi connectivity index (χ2n) is 8.99. The van der Waals surface area contributed by atoms with Gasteiger partial charge in [0.25, 0.3) is 10.0 Å². The van der Waals surface area contributed by atoms with Gasteiger partial charge in [0, 0.05) is 48.5 Å². The molecular formula is C25H29N5O4S3. The van der Waals surface area contributed by atoms with Crippen LogP contribution >= 0.6 is 22.7 Å². The number of benzene rings is 1. The molecule has 0 aliphatic carbocycles. The molecule has 37 heavy (non-hydrogen) atoms. The standard InChI is InChI=1S/C25H29N5O4S3/c1-4-30-18(15-34-16-23(30)31)13-28(2)14-21-22(8-10-35-21)37(32,33)29(3)20-7-5-6-17-12-19(27-24(17)20)25-26-9-11-36-25/h5-12,18,27H,4,13-16H2,1-3H3. The highest BCUT2D eigenvalue weighted by molar-refractivity contribution is 7.93. The fourth-order valence-electron chi connectivity index (χ4n) is 4.74. The van der Waals surface area contributed by atoms with Crippen molar-refractivity contribution < 1.29 is 17.9 Å². The number of amides is 1. The van der Waals surface area contributed by atoms with Crippen molar-refractivity contribution >= 4 is 55.2 Å². The Labute approximate surface area is 224 Å². The molecule has 1 aliphatic heterocycles. The Hall–Kier alpha value is -2.77. The number of hydrogen-bond acceptors (Lipinski definition) is 8. The summed E-state index contributed by atoms with van der Waals surface area (Å²) in [7, 11) is -0.300. The van der Waals surface area contributed by atoms with Crippen LogP contribution in [0.2, 0.25) is 0 Å². The number of likely N-dealkylation sites (N-methyl/N-ethyl adjacent to an activating group) is 2. The van der Waals surface area contributed by atoms with E-state index in [2.05, 4.69) is 9.97 Å². The van der Waals surface area contributed by atoms with E-state index in [1.165, 1.54) is 27.0 Å². The van der Waals surface area contributed by atoms with E-state index < -0.39 is 10.0 Å². The van der Waals surface area contributed by atoms with Crippen molar-refractivity contribution in [2.45, 2.75) is 24.4 Å². The molecule has 1 saturated heterocycles. The molecule has 1 fully saturated rings. The summed E-state index contributed by atoms with van der Waals surface area (Å²) in [6, 6.07) is 9.22. The third-order valence-electron chi connectivity index (χ3n) is 6.55. The van der Waals surface area contributed by atoms with Crippen LogP contribution in [-0.4, -0.2) is 80.5 Å². The zero-order chi connectivity index (χ0) is 26.2. The van der Waals surface area contributed by atoms with Gasteiger partial charge in [-0.2, -0.15) is 0 Å². The lowest BCUT2D eigenvalue weighted by molar-refractivity contribution is -0.148. The maximum atomic E-state index is 13.8. The van der Waals surface area contributed by atoms with E-state index in [0.29, 0.717) is 36.8 Å². The summed E-state index contributed by atoms with van der Waals surface area (Å²) in [5, 5.41) is 5.49. The minimum absolute atomic E-state index is 0.00956. The lowest BCUT2D eigenvalue weighted by atomic mass is 10.2. The maximum absolute atomic E-state index is 13.8. The molecule has 1 aromatic carbocycles. The predicted molar refractivity (Wildman–Crippen MR) is 148 cm³/mol. The van der Waals surface area contributed by atoms with Gasteiger partial charge in [0.15, 0.2) is 0 Å². The van der Waals surface area contributed by atoms with Gasteiger partial charge in [0.05, 0.1) is 29.5 Å². The van der Waals surface area contributed by atoms with Gasteiger partial charge in [-0.3, -0.25) is 14.0 Å². The van der Waals surface area contributed by atoms with Gasteiger partial charge in [-0.15, -0.1) is 22.7 Å². The number of para-hydroxylation sites is 1. The van der Waals surface area contributed by atoms with Crippen LogP contribution in [0.4, 0.5) is 5.69 Å². The summed E-state index contributed by atoms with van der Waals surface area (Å²) >= 11 is 2.94. The summed E-state index contributed by atoms with van der Waals surface area (Å²) in [6.45, 7) is 4.22. The monoisotopic (exact) mass is 559 g/mol. The van der Waals surface area contributed by atoms with Gasteiger partial charge in [0.2, 0.25) is 5.91 Å². The quantitative estimate of drug-likeness (QED) is 0.334. The van der Waals surface area contributed by atoms with Gasteiger partial charge in [-0.25, -0.2) is 13.4 Å². The number of carbonyl (C=O) groups is 1. The second-order valence-corrected chi connectivity index (χ2v) is 12.8. The van der Waals surface area contributed by atoms with E-state index >= 15 is 0 Å². The molecule has 3 aromatic heterocycles. The van der Waals surface area contributed by atoms with Crippen LogP contribution in [0.15, 0.2) is 52.2 Å². The highest BCUT2D eigenvalue weighted by Gasteiger charge is 2.30. The summed E-state index contributed by atoms with van der Waals surface area (Å²) < 4.78 is 34.4. The first-order chi connectivity index (χ1) is 17.8. The van der Waals surface area contributed by atoms with E-state index in [9.17, 15) is 13.2 Å². The van der Waals surface area contributed by atoms with Crippen molar-refractivity contribution in [3.8, 4) is 10.7 Å². The minimum atomic E-state index is -3.82. The number of hydrogen-bond donors (Lipinski definition) is 1. The number of thiophene rings is 1. The third-order valence-corrected chi connectivity index (χ3v) is 10.3. The van der Waals surface area contributed by atoms with E-state index in [1.54, 1.807) is 25.4 Å². The molecule has 0 saturated carbocycles. The topological polar surface area (TPSA) is 98.8 Å². The Balaban J connectivity index is 1.38. The van der Waals surface area contributed by atoms with Crippen molar-refractivity contribution in [3.63, 3.8) is 0 Å². The lowest BCUT2D eigenvalue weighted by Crippen LogP contribution is -2.53. The molecule has 1 amide bonds. The van der Waals surface area contributed by atoms with Crippen molar-refractivity contribution in [1.29, 1.82) is 0 Å². The van der Waals surface area contributed by atoms with E-state index in [4.69, 9.17) is 4.74 Å². The second kappa shape index (κ2) is 10.5. The Bertz CT molecular complexity index is 1500. The molecule has 0 spiro atoms. The normalized spacial score (nSPS) is 16.7. The zero-order valence-electron chi connectivity index (χ0n) is 20.9. The third kappa shape index (κ3) is 5.04. The number of aromatic nitrogens is 2. The molecule has 1 N–H and O–H groups in total. The van der Waals surface area contributed by atoms with Gasteiger partial charge >= 0.3 is 0 Å². The number of rotatable bonds is 9. The number of H-pyrrole nitrogens is 1. The first-order valence-corrected chi connectivity index (χ1v) is 15.1. The van der Waals surface area contributed by atoms with Crippen LogP contribution in [0, 0.1) is 0 Å². The summed E-state index contributed by atoms with van der Waals surface area (Å²) in [4.78, 5) is 24.8. The fraction of sp³-hybridized carbons (Fsp3) is 0.360. The number of sulfonamides is 1. The van der Waals surface area contributed by atoms with E-state index in [0.717, 1.165) is 26.5 Å². The van der Waals surface area contributed by atoms with Crippen molar-refractivity contribution in [3.05, 3.63) is 52.2 Å². The van der Waals surface area contributed by atoms with Gasteiger partial charge in [-0.1, -0.05) is 12.1 Å². The molecular weight excluding hydrogens is 531 g/mol. The Morgan fingerprint density at radius 1 is 1.22 bits per heavy atom. The Morgan fingerprint density at radius 2 is 2.05 bits per heavy atom. The first kappa shape index (κ1) is 25.9. The summed E-state index contributed by atoms with van der Waals surface area (Å²) in [5.74, 6) is -0.00956. The number of nitrogens with zero attached hydrogens (tertiary/aromatic N) is 4. The number of morpholine rings is 1. The average Bonchev–Trinajstić information content (AvgIpc) is 3.64. The molecule has 12 heteroatoms. The highest BCUT2D eigenvalue weighted by Crippen LogP contribution is 2.35. The molecule has 1 aliphatic rings. The van der Waals surface area contributed by atoms with Gasteiger partial charge in [-0.05, 0) is 37.6 Å². The maximum Gasteiger partial charge on any atom is 0.265 e. The van der Waals surface area contributed by atoms with Crippen molar-refractivity contribution in [1.82, 2.24) is 19.8 Å². The highest BCUT2D eigenvalue weighted by atomic mass is 32.2. The molecule has 0 radical (unpaired) electrons. The molecule has 1 unspecified atom stereocenters. The van der Waals surface area contributed by atoms with Crippen LogP contribution in [0.5, 0.6) is 0 Å². The number of thiazole rings is 1. The van der Waals surface area contributed by atoms with Crippen LogP contribution in [-0.2, 0) is 26.1 Å². The smallest absolute Gasteiger partial charge is 0.265 e. The molecule has 4 aromatic rings. The van der Waals surface area contributed by atoms with Gasteiger partial charge in [0.1, 0.15) is 16.5 Å². The number of anilines is 1.